The van der Waals surface area contributed by atoms with Crippen molar-refractivity contribution < 1.29 is 14.7 Å². The summed E-state index contributed by atoms with van der Waals surface area (Å²) >= 11 is 1.03. The number of amides is 1. The number of aromatic nitrogens is 1. The lowest BCUT2D eigenvalue weighted by molar-refractivity contribution is -0.116. The molecule has 1 amide bonds. The summed E-state index contributed by atoms with van der Waals surface area (Å²) in [5, 5.41) is 12.1. The number of aromatic carboxylic acids is 1. The highest BCUT2D eigenvalue weighted by atomic mass is 32.1. The van der Waals surface area contributed by atoms with E-state index in [2.05, 4.69) is 10.3 Å². The average molecular weight is 270 g/mol. The molecule has 18 heavy (non-hydrogen) atoms. The van der Waals surface area contributed by atoms with E-state index in [4.69, 9.17) is 5.11 Å². The van der Waals surface area contributed by atoms with E-state index in [1.54, 1.807) is 0 Å². The minimum Gasteiger partial charge on any atom is -0.477 e. The molecule has 100 valence electrons. The van der Waals surface area contributed by atoms with Crippen molar-refractivity contribution in [2.24, 2.45) is 0 Å². The SMILES string of the molecule is CCCCC(=O)Nc1nc(CCC)c(C(=O)O)s1. The predicted molar refractivity (Wildman–Crippen MR) is 71.2 cm³/mol. The van der Waals surface area contributed by atoms with Crippen LogP contribution in [0.1, 0.15) is 54.9 Å². The Balaban J connectivity index is 2.75. The van der Waals surface area contributed by atoms with E-state index < -0.39 is 5.97 Å². The van der Waals surface area contributed by atoms with E-state index in [0.717, 1.165) is 30.6 Å². The van der Waals surface area contributed by atoms with Gasteiger partial charge in [0.15, 0.2) is 5.13 Å². The summed E-state index contributed by atoms with van der Waals surface area (Å²) in [5.74, 6) is -1.09. The van der Waals surface area contributed by atoms with Gasteiger partial charge in [0.1, 0.15) is 4.88 Å². The molecule has 0 aliphatic carbocycles. The number of hydrogen-bond acceptors (Lipinski definition) is 4. The molecule has 0 aliphatic rings. The number of carboxylic acid groups (broad SMARTS) is 1. The summed E-state index contributed by atoms with van der Waals surface area (Å²) < 4.78 is 0. The van der Waals surface area contributed by atoms with Crippen molar-refractivity contribution in [1.29, 1.82) is 0 Å². The summed E-state index contributed by atoms with van der Waals surface area (Å²) in [4.78, 5) is 27.0. The molecule has 2 N–H and O–H groups in total. The molecule has 0 radical (unpaired) electrons. The van der Waals surface area contributed by atoms with E-state index in [1.165, 1.54) is 0 Å². The summed E-state index contributed by atoms with van der Waals surface area (Å²) in [6.45, 7) is 3.98. The third-order valence-corrected chi connectivity index (χ3v) is 3.38. The predicted octanol–water partition coefficient (Wildman–Crippen LogP) is 2.92. The van der Waals surface area contributed by atoms with E-state index in [-0.39, 0.29) is 10.8 Å². The number of unbranched alkanes of at least 4 members (excludes halogenated alkanes) is 1. The summed E-state index contributed by atoms with van der Waals surface area (Å²) in [7, 11) is 0. The van der Waals surface area contributed by atoms with Gasteiger partial charge in [-0.25, -0.2) is 9.78 Å². The number of thiazole rings is 1. The van der Waals surface area contributed by atoms with Crippen LogP contribution in [0.5, 0.6) is 0 Å². The lowest BCUT2D eigenvalue weighted by Gasteiger charge is -1.99. The first kappa shape index (κ1) is 14.6. The van der Waals surface area contributed by atoms with Crippen molar-refractivity contribution in [2.45, 2.75) is 46.0 Å². The molecular weight excluding hydrogens is 252 g/mol. The number of hydrogen-bond donors (Lipinski definition) is 2. The highest BCUT2D eigenvalue weighted by Gasteiger charge is 2.17. The Hall–Kier alpha value is -1.43. The van der Waals surface area contributed by atoms with E-state index in [1.807, 2.05) is 13.8 Å². The maximum Gasteiger partial charge on any atom is 0.347 e. The van der Waals surface area contributed by atoms with Crippen molar-refractivity contribution in [1.82, 2.24) is 4.98 Å². The number of aryl methyl sites for hydroxylation is 1. The second kappa shape index (κ2) is 7.10. The van der Waals surface area contributed by atoms with Crippen LogP contribution in [0.2, 0.25) is 0 Å². The molecular formula is C12H18N2O3S. The summed E-state index contributed by atoms with van der Waals surface area (Å²) in [5.41, 5.74) is 0.556. The van der Waals surface area contributed by atoms with Gasteiger partial charge in [-0.2, -0.15) is 0 Å². The minimum absolute atomic E-state index is 0.106. The van der Waals surface area contributed by atoms with Gasteiger partial charge in [0.2, 0.25) is 5.91 Å². The fraction of sp³-hybridized carbons (Fsp3) is 0.583. The van der Waals surface area contributed by atoms with Crippen LogP contribution in [0.4, 0.5) is 5.13 Å². The zero-order chi connectivity index (χ0) is 13.5. The van der Waals surface area contributed by atoms with Crippen molar-refractivity contribution in [3.63, 3.8) is 0 Å². The third-order valence-electron chi connectivity index (χ3n) is 2.38. The van der Waals surface area contributed by atoms with Crippen LogP contribution in [0.3, 0.4) is 0 Å². The molecule has 0 saturated carbocycles. The van der Waals surface area contributed by atoms with E-state index >= 15 is 0 Å². The minimum atomic E-state index is -0.981. The Morgan fingerprint density at radius 1 is 1.33 bits per heavy atom. The van der Waals surface area contributed by atoms with Gasteiger partial charge in [0, 0.05) is 6.42 Å². The standard InChI is InChI=1S/C12H18N2O3S/c1-3-5-7-9(15)14-12-13-8(6-4-2)10(18-12)11(16)17/h3-7H2,1-2H3,(H,16,17)(H,13,14,15). The summed E-state index contributed by atoms with van der Waals surface area (Å²) in [6.07, 6.45) is 3.66. The number of rotatable bonds is 7. The maximum absolute atomic E-state index is 11.5. The number of nitrogens with zero attached hydrogens (tertiary/aromatic N) is 1. The van der Waals surface area contributed by atoms with Gasteiger partial charge < -0.3 is 10.4 Å². The van der Waals surface area contributed by atoms with Crippen LogP contribution in [0.15, 0.2) is 0 Å². The smallest absolute Gasteiger partial charge is 0.347 e. The van der Waals surface area contributed by atoms with Crippen LogP contribution >= 0.6 is 11.3 Å². The Kier molecular flexibility index (Phi) is 5.77. The van der Waals surface area contributed by atoms with Gasteiger partial charge in [0.05, 0.1) is 5.69 Å². The van der Waals surface area contributed by atoms with Crippen LogP contribution in [-0.4, -0.2) is 22.0 Å². The average Bonchev–Trinajstić information content (AvgIpc) is 2.70. The van der Waals surface area contributed by atoms with Gasteiger partial charge >= 0.3 is 5.97 Å². The fourth-order valence-electron chi connectivity index (χ4n) is 1.50. The Morgan fingerprint density at radius 3 is 2.61 bits per heavy atom. The van der Waals surface area contributed by atoms with Crippen molar-refractivity contribution >= 4 is 28.3 Å². The molecule has 0 bridgehead atoms. The fourth-order valence-corrected chi connectivity index (χ4v) is 2.36. The second-order valence-corrected chi connectivity index (χ2v) is 5.00. The van der Waals surface area contributed by atoms with E-state index in [9.17, 15) is 9.59 Å². The number of carbonyl (C=O) groups is 2. The summed E-state index contributed by atoms with van der Waals surface area (Å²) in [6, 6.07) is 0. The zero-order valence-electron chi connectivity index (χ0n) is 10.7. The van der Waals surface area contributed by atoms with Gasteiger partial charge in [-0.3, -0.25) is 4.79 Å². The van der Waals surface area contributed by atoms with Crippen LogP contribution in [0.25, 0.3) is 0 Å². The van der Waals surface area contributed by atoms with Gasteiger partial charge in [-0.15, -0.1) is 0 Å². The molecule has 0 atom stereocenters. The molecule has 5 nitrogen and oxygen atoms in total. The Bertz CT molecular complexity index is 429. The van der Waals surface area contributed by atoms with Crippen molar-refractivity contribution in [3.8, 4) is 0 Å². The molecule has 1 aromatic rings. The van der Waals surface area contributed by atoms with E-state index in [0.29, 0.717) is 23.7 Å². The van der Waals surface area contributed by atoms with Crippen LogP contribution in [0, 0.1) is 0 Å². The first-order chi connectivity index (χ1) is 8.58. The molecule has 0 spiro atoms. The molecule has 0 aromatic carbocycles. The monoisotopic (exact) mass is 270 g/mol. The highest BCUT2D eigenvalue weighted by Crippen LogP contribution is 2.24. The topological polar surface area (TPSA) is 79.3 Å². The third kappa shape index (κ3) is 4.10. The van der Waals surface area contributed by atoms with Crippen LogP contribution in [-0.2, 0) is 11.2 Å². The molecule has 1 aromatic heterocycles. The van der Waals surface area contributed by atoms with Crippen molar-refractivity contribution in [3.05, 3.63) is 10.6 Å². The number of anilines is 1. The van der Waals surface area contributed by atoms with Crippen LogP contribution < -0.4 is 5.32 Å². The van der Waals surface area contributed by atoms with Gasteiger partial charge in [-0.05, 0) is 12.8 Å². The lowest BCUT2D eigenvalue weighted by atomic mass is 10.2. The Labute approximate surface area is 110 Å². The normalized spacial score (nSPS) is 10.3. The number of carbonyl (C=O) groups excluding carboxylic acids is 1. The first-order valence-electron chi connectivity index (χ1n) is 6.11. The zero-order valence-corrected chi connectivity index (χ0v) is 11.5. The van der Waals surface area contributed by atoms with Crippen molar-refractivity contribution in [2.75, 3.05) is 5.32 Å². The second-order valence-electron chi connectivity index (χ2n) is 4.00. The molecule has 0 unspecified atom stereocenters. The highest BCUT2D eigenvalue weighted by molar-refractivity contribution is 7.17. The number of nitrogens with one attached hydrogen (secondary N) is 1. The molecule has 1 rings (SSSR count). The lowest BCUT2D eigenvalue weighted by Crippen LogP contribution is -2.10. The Morgan fingerprint density at radius 2 is 2.06 bits per heavy atom. The van der Waals surface area contributed by atoms with Gasteiger partial charge in [-0.1, -0.05) is 38.0 Å². The molecule has 1 heterocycles. The molecule has 0 saturated heterocycles. The molecule has 6 heteroatoms. The maximum atomic E-state index is 11.5. The van der Waals surface area contributed by atoms with Gasteiger partial charge in [0.25, 0.3) is 0 Å². The first-order valence-corrected chi connectivity index (χ1v) is 6.93. The molecule has 0 aliphatic heterocycles. The number of carboxylic acids is 1. The molecule has 0 fully saturated rings. The largest absolute Gasteiger partial charge is 0.477 e. The quantitative estimate of drug-likeness (QED) is 0.798.